The highest BCUT2D eigenvalue weighted by atomic mass is 35.5. The van der Waals surface area contributed by atoms with Crippen LogP contribution in [-0.4, -0.2) is 36.4 Å². The van der Waals surface area contributed by atoms with E-state index < -0.39 is 0 Å². The van der Waals surface area contributed by atoms with Gasteiger partial charge in [-0.1, -0.05) is 11.6 Å². The van der Waals surface area contributed by atoms with Crippen molar-refractivity contribution in [3.05, 3.63) is 77.6 Å². The van der Waals surface area contributed by atoms with Gasteiger partial charge in [0.1, 0.15) is 0 Å². The molecule has 4 rings (SSSR count). The fourth-order valence-corrected chi connectivity index (χ4v) is 2.88. The number of amides is 2. The molecule has 0 bridgehead atoms. The van der Waals surface area contributed by atoms with Crippen LogP contribution >= 0.6 is 11.6 Å². The van der Waals surface area contributed by atoms with Crippen LogP contribution in [0.3, 0.4) is 0 Å². The molecule has 0 aliphatic rings. The minimum atomic E-state index is -0.373. The zero-order valence-corrected chi connectivity index (χ0v) is 15.7. The van der Waals surface area contributed by atoms with Gasteiger partial charge in [0.2, 0.25) is 5.91 Å². The summed E-state index contributed by atoms with van der Waals surface area (Å²) in [5.41, 5.74) is 1.29. The number of benzene rings is 1. The van der Waals surface area contributed by atoms with E-state index in [4.69, 9.17) is 11.6 Å². The predicted octanol–water partition coefficient (Wildman–Crippen LogP) is 2.61. The molecule has 10 heteroatoms. The highest BCUT2D eigenvalue weighted by Crippen LogP contribution is 2.22. The lowest BCUT2D eigenvalue weighted by molar-refractivity contribution is -0.115. The van der Waals surface area contributed by atoms with Gasteiger partial charge in [-0.3, -0.25) is 14.6 Å². The molecule has 4 aromatic rings. The van der Waals surface area contributed by atoms with Gasteiger partial charge in [-0.15, -0.1) is 5.10 Å². The van der Waals surface area contributed by atoms with E-state index in [9.17, 15) is 9.59 Å². The van der Waals surface area contributed by atoms with Gasteiger partial charge in [0.15, 0.2) is 5.82 Å². The van der Waals surface area contributed by atoms with Crippen molar-refractivity contribution < 1.29 is 9.59 Å². The number of hydrogen-bond donors (Lipinski definition) is 2. The summed E-state index contributed by atoms with van der Waals surface area (Å²) in [7, 11) is 0. The number of pyridine rings is 1. The normalized spacial score (nSPS) is 10.7. The van der Waals surface area contributed by atoms with Crippen LogP contribution in [0.25, 0.3) is 5.78 Å². The number of rotatable bonds is 5. The Morgan fingerprint density at radius 1 is 1.07 bits per heavy atom. The Bertz CT molecular complexity index is 1160. The topological polar surface area (TPSA) is 114 Å². The second kappa shape index (κ2) is 8.03. The first-order valence-electron chi connectivity index (χ1n) is 8.55. The van der Waals surface area contributed by atoms with Crippen molar-refractivity contribution in [2.24, 2.45) is 0 Å². The van der Waals surface area contributed by atoms with Crippen LogP contribution in [0.4, 0.5) is 11.4 Å². The van der Waals surface area contributed by atoms with Crippen LogP contribution < -0.4 is 10.6 Å². The van der Waals surface area contributed by atoms with Gasteiger partial charge in [0, 0.05) is 24.3 Å². The van der Waals surface area contributed by atoms with Crippen molar-refractivity contribution in [1.29, 1.82) is 0 Å². The molecule has 2 N–H and O–H groups in total. The molecule has 0 atom stereocenters. The van der Waals surface area contributed by atoms with Crippen molar-refractivity contribution in [2.75, 3.05) is 10.6 Å². The number of carbonyl (C=O) groups excluding carboxylic acids is 2. The quantitative estimate of drug-likeness (QED) is 0.525. The molecule has 144 valence electrons. The predicted molar refractivity (Wildman–Crippen MR) is 107 cm³/mol. The first kappa shape index (κ1) is 18.5. The number of fused-ring (bicyclic) bond motifs is 1. The Balaban J connectivity index is 1.42. The molecule has 0 aliphatic carbocycles. The third-order valence-corrected chi connectivity index (χ3v) is 4.21. The van der Waals surface area contributed by atoms with E-state index in [0.717, 1.165) is 0 Å². The molecule has 1 aromatic carbocycles. The number of halogens is 1. The molecule has 0 unspecified atom stereocenters. The third-order valence-electron chi connectivity index (χ3n) is 3.90. The molecule has 0 saturated heterocycles. The molecular weight excluding hydrogens is 394 g/mol. The summed E-state index contributed by atoms with van der Waals surface area (Å²) in [6.07, 6.45) is 6.42. The van der Waals surface area contributed by atoms with E-state index in [-0.39, 0.29) is 28.8 Å². The number of nitrogens with one attached hydrogen (secondary N) is 2. The maximum atomic E-state index is 12.4. The van der Waals surface area contributed by atoms with E-state index in [1.165, 1.54) is 22.8 Å². The van der Waals surface area contributed by atoms with Crippen LogP contribution in [-0.2, 0) is 11.2 Å². The first-order valence-corrected chi connectivity index (χ1v) is 8.93. The fourth-order valence-electron chi connectivity index (χ4n) is 2.61. The zero-order chi connectivity index (χ0) is 20.2. The number of nitrogens with zero attached hydrogens (tertiary/aromatic N) is 5. The maximum Gasteiger partial charge on any atom is 0.257 e. The number of carbonyl (C=O) groups is 2. The summed E-state index contributed by atoms with van der Waals surface area (Å²) in [5, 5.41) is 9.82. The summed E-state index contributed by atoms with van der Waals surface area (Å²) >= 11 is 6.22. The molecule has 0 spiro atoms. The molecule has 29 heavy (non-hydrogen) atoms. The Kier molecular flexibility index (Phi) is 5.12. The van der Waals surface area contributed by atoms with E-state index in [2.05, 4.69) is 30.7 Å². The number of anilines is 2. The van der Waals surface area contributed by atoms with E-state index in [0.29, 0.717) is 23.0 Å². The smallest absolute Gasteiger partial charge is 0.257 e. The first-order chi connectivity index (χ1) is 14.1. The molecule has 0 radical (unpaired) electrons. The SMILES string of the molecule is O=C(Cc1nc2ncccn2n1)Nc1ccc(C(=O)Nc2cccnc2)c(Cl)c1. The van der Waals surface area contributed by atoms with Crippen LogP contribution in [0.2, 0.25) is 5.02 Å². The molecule has 3 aromatic heterocycles. The Morgan fingerprint density at radius 3 is 2.72 bits per heavy atom. The molecular formula is C19H14ClN7O2. The second-order valence-electron chi connectivity index (χ2n) is 6.01. The van der Waals surface area contributed by atoms with Gasteiger partial charge in [-0.05, 0) is 36.4 Å². The standard InChI is InChI=1S/C19H14ClN7O2/c20-15-9-12(4-5-14(15)18(29)24-13-3-1-6-21-11-13)23-17(28)10-16-25-19-22-7-2-8-27(19)26-16/h1-9,11H,10H2,(H,23,28)(H,24,29). The summed E-state index contributed by atoms with van der Waals surface area (Å²) < 4.78 is 1.50. The molecule has 3 heterocycles. The fraction of sp³-hybridized carbons (Fsp3) is 0.0526. The average Bonchev–Trinajstić information content (AvgIpc) is 3.10. The second-order valence-corrected chi connectivity index (χ2v) is 6.41. The van der Waals surface area contributed by atoms with Gasteiger partial charge >= 0.3 is 0 Å². The lowest BCUT2D eigenvalue weighted by Gasteiger charge is -2.09. The largest absolute Gasteiger partial charge is 0.326 e. The highest BCUT2D eigenvalue weighted by molar-refractivity contribution is 6.34. The van der Waals surface area contributed by atoms with E-state index >= 15 is 0 Å². The lowest BCUT2D eigenvalue weighted by Crippen LogP contribution is -2.16. The van der Waals surface area contributed by atoms with Gasteiger partial charge < -0.3 is 10.6 Å². The zero-order valence-electron chi connectivity index (χ0n) is 14.9. The van der Waals surface area contributed by atoms with Crippen molar-refractivity contribution in [2.45, 2.75) is 6.42 Å². The Hall–Kier alpha value is -3.85. The van der Waals surface area contributed by atoms with Crippen molar-refractivity contribution in [1.82, 2.24) is 24.6 Å². The number of aromatic nitrogens is 5. The van der Waals surface area contributed by atoms with Crippen LogP contribution in [0.15, 0.2) is 61.2 Å². The van der Waals surface area contributed by atoms with Gasteiger partial charge in [-0.2, -0.15) is 4.98 Å². The average molecular weight is 408 g/mol. The van der Waals surface area contributed by atoms with Gasteiger partial charge in [0.05, 0.1) is 28.9 Å². The van der Waals surface area contributed by atoms with E-state index in [1.54, 1.807) is 42.9 Å². The van der Waals surface area contributed by atoms with Crippen molar-refractivity contribution in [3.8, 4) is 0 Å². The summed E-state index contributed by atoms with van der Waals surface area (Å²) in [5.74, 6) is 0.0777. The Labute approximate surface area is 169 Å². The van der Waals surface area contributed by atoms with Gasteiger partial charge in [0.25, 0.3) is 11.7 Å². The lowest BCUT2D eigenvalue weighted by atomic mass is 10.2. The van der Waals surface area contributed by atoms with Crippen molar-refractivity contribution >= 4 is 40.6 Å². The van der Waals surface area contributed by atoms with E-state index in [1.807, 2.05) is 0 Å². The van der Waals surface area contributed by atoms with Crippen molar-refractivity contribution in [3.63, 3.8) is 0 Å². The minimum absolute atomic E-state index is 0.0236. The van der Waals surface area contributed by atoms with Gasteiger partial charge in [-0.25, -0.2) is 9.50 Å². The summed E-state index contributed by atoms with van der Waals surface area (Å²) in [6.45, 7) is 0. The summed E-state index contributed by atoms with van der Waals surface area (Å²) in [6, 6.07) is 9.80. The molecule has 0 fully saturated rings. The van der Waals surface area contributed by atoms with Crippen LogP contribution in [0.1, 0.15) is 16.2 Å². The highest BCUT2D eigenvalue weighted by Gasteiger charge is 2.14. The molecule has 2 amide bonds. The third kappa shape index (κ3) is 4.36. The molecule has 0 aliphatic heterocycles. The minimum Gasteiger partial charge on any atom is -0.326 e. The Morgan fingerprint density at radius 2 is 1.97 bits per heavy atom. The number of hydrogen-bond acceptors (Lipinski definition) is 6. The van der Waals surface area contributed by atoms with Crippen LogP contribution in [0.5, 0.6) is 0 Å². The summed E-state index contributed by atoms with van der Waals surface area (Å²) in [4.78, 5) is 36.8. The molecule has 9 nitrogen and oxygen atoms in total. The van der Waals surface area contributed by atoms with Crippen LogP contribution in [0, 0.1) is 0 Å². The molecule has 0 saturated carbocycles. The monoisotopic (exact) mass is 407 g/mol. The maximum absolute atomic E-state index is 12.4.